The summed E-state index contributed by atoms with van der Waals surface area (Å²) in [6, 6.07) is 3.37. The van der Waals surface area contributed by atoms with Gasteiger partial charge in [-0.05, 0) is 40.8 Å². The van der Waals surface area contributed by atoms with E-state index in [0.717, 1.165) is 12.1 Å². The maximum absolute atomic E-state index is 10.5. The van der Waals surface area contributed by atoms with Gasteiger partial charge < -0.3 is 9.66 Å². The van der Waals surface area contributed by atoms with E-state index in [0.29, 0.717) is 3.57 Å². The Balaban J connectivity index is 0.00000144. The molecule has 0 unspecified atom stereocenters. The van der Waals surface area contributed by atoms with Crippen molar-refractivity contribution in [2.45, 2.75) is 4.90 Å². The van der Waals surface area contributed by atoms with Crippen molar-refractivity contribution in [3.05, 3.63) is 21.8 Å². The number of benzene rings is 1. The van der Waals surface area contributed by atoms with Gasteiger partial charge in [0, 0.05) is 0 Å². The zero-order valence-electron chi connectivity index (χ0n) is 6.69. The van der Waals surface area contributed by atoms with Crippen LogP contribution in [0.3, 0.4) is 0 Å². The molecule has 1 rings (SSSR count). The minimum Gasteiger partial charge on any atom is -0.744 e. The van der Waals surface area contributed by atoms with E-state index in [9.17, 15) is 13.0 Å². The van der Waals surface area contributed by atoms with Gasteiger partial charge in [0.05, 0.1) is 8.47 Å². The minimum absolute atomic E-state index is 0. The average molecular weight is 320 g/mol. The standard InChI is InChI=1S/C6H5IO4S.Na/c7-5-3-4(12(9,10)11)1-2-6(5)8;/h1-3,8H,(H,9,10,11);/q;+1/p-1/i7-2;. The van der Waals surface area contributed by atoms with Crippen LogP contribution in [0.2, 0.25) is 0 Å². The first-order valence-electron chi connectivity index (χ1n) is 2.85. The smallest absolute Gasteiger partial charge is 0.744 e. The third kappa shape index (κ3) is 3.72. The van der Waals surface area contributed by atoms with E-state index in [1.54, 1.807) is 22.6 Å². The van der Waals surface area contributed by atoms with Crippen LogP contribution in [0, 0.1) is 3.57 Å². The maximum Gasteiger partial charge on any atom is 1.00 e. The molecule has 0 aliphatic carbocycles. The van der Waals surface area contributed by atoms with Crippen molar-refractivity contribution in [3.8, 4) is 5.75 Å². The zero-order valence-corrected chi connectivity index (χ0v) is 11.7. The normalized spacial score (nSPS) is 10.6. The third-order valence-electron chi connectivity index (χ3n) is 1.21. The van der Waals surface area contributed by atoms with E-state index in [1.165, 1.54) is 6.07 Å². The SMILES string of the molecule is O=S(=O)([O-])c1ccc(O)c([125I])c1.[Na+]. The molecule has 0 bridgehead atoms. The number of phenols is 1. The van der Waals surface area contributed by atoms with Crippen LogP contribution >= 0.6 is 22.6 Å². The fraction of sp³-hybridized carbons (Fsp3) is 0. The summed E-state index contributed by atoms with van der Waals surface area (Å²) in [5.74, 6) is -0.0389. The molecule has 4 nitrogen and oxygen atoms in total. The van der Waals surface area contributed by atoms with E-state index < -0.39 is 10.1 Å². The second-order valence-electron chi connectivity index (χ2n) is 2.07. The molecule has 1 aromatic carbocycles. The maximum atomic E-state index is 10.5. The van der Waals surface area contributed by atoms with Crippen molar-refractivity contribution in [1.82, 2.24) is 0 Å². The van der Waals surface area contributed by atoms with Crippen molar-refractivity contribution in [3.63, 3.8) is 0 Å². The predicted molar refractivity (Wildman–Crippen MR) is 48.8 cm³/mol. The molecule has 0 atom stereocenters. The molecule has 0 saturated heterocycles. The molecule has 0 aliphatic rings. The van der Waals surface area contributed by atoms with Gasteiger partial charge in [0.2, 0.25) is 0 Å². The Kier molecular flexibility index (Phi) is 5.19. The Labute approximate surface area is 112 Å². The van der Waals surface area contributed by atoms with Crippen molar-refractivity contribution < 1.29 is 47.6 Å². The summed E-state index contributed by atoms with van der Waals surface area (Å²) in [5.41, 5.74) is 0. The average Bonchev–Trinajstić information content (AvgIpc) is 1.92. The molecular weight excluding hydrogens is 316 g/mol. The van der Waals surface area contributed by atoms with E-state index in [4.69, 9.17) is 5.11 Å². The number of hydrogen-bond acceptors (Lipinski definition) is 4. The van der Waals surface area contributed by atoms with Gasteiger partial charge in [0.15, 0.2) is 0 Å². The fourth-order valence-corrected chi connectivity index (χ4v) is 1.87. The number of hydrogen-bond donors (Lipinski definition) is 1. The zero-order chi connectivity index (χ0) is 9.35. The van der Waals surface area contributed by atoms with Crippen LogP contribution in [0.5, 0.6) is 5.75 Å². The van der Waals surface area contributed by atoms with E-state index >= 15 is 0 Å². The van der Waals surface area contributed by atoms with Gasteiger partial charge in [-0.3, -0.25) is 0 Å². The number of rotatable bonds is 1. The van der Waals surface area contributed by atoms with Crippen molar-refractivity contribution >= 4 is 32.7 Å². The first kappa shape index (κ1) is 13.7. The Hall–Kier alpha value is 0.660. The van der Waals surface area contributed by atoms with E-state index in [-0.39, 0.29) is 40.2 Å². The van der Waals surface area contributed by atoms with E-state index in [1.807, 2.05) is 0 Å². The van der Waals surface area contributed by atoms with Crippen LogP contribution in [0.1, 0.15) is 0 Å². The van der Waals surface area contributed by atoms with Crippen LogP contribution in [0.15, 0.2) is 23.1 Å². The van der Waals surface area contributed by atoms with Crippen molar-refractivity contribution in [2.24, 2.45) is 0 Å². The monoisotopic (exact) mass is 320 g/mol. The Morgan fingerprint density at radius 3 is 2.31 bits per heavy atom. The number of phenolic OH excluding ortho intramolecular Hbond substituents is 1. The second kappa shape index (κ2) is 4.94. The van der Waals surface area contributed by atoms with Gasteiger partial charge in [0.25, 0.3) is 0 Å². The van der Waals surface area contributed by atoms with Crippen LogP contribution in [-0.2, 0) is 10.1 Å². The molecule has 0 fully saturated rings. The van der Waals surface area contributed by atoms with Gasteiger partial charge in [-0.2, -0.15) is 0 Å². The molecule has 0 spiro atoms. The summed E-state index contributed by atoms with van der Waals surface area (Å²) in [4.78, 5) is -0.329. The molecule has 7 heteroatoms. The van der Waals surface area contributed by atoms with Gasteiger partial charge in [-0.15, -0.1) is 0 Å². The van der Waals surface area contributed by atoms with Crippen LogP contribution in [-0.4, -0.2) is 18.1 Å². The Bertz CT molecular complexity index is 403. The largest absolute Gasteiger partial charge is 1.00 e. The molecule has 0 amide bonds. The molecule has 0 heterocycles. The molecule has 0 aromatic heterocycles. The molecule has 13 heavy (non-hydrogen) atoms. The minimum atomic E-state index is -4.41. The third-order valence-corrected chi connectivity index (χ3v) is 2.90. The van der Waals surface area contributed by atoms with Crippen LogP contribution in [0.4, 0.5) is 0 Å². The van der Waals surface area contributed by atoms with Gasteiger partial charge >= 0.3 is 29.6 Å². The molecule has 0 radical (unpaired) electrons. The summed E-state index contributed by atoms with van der Waals surface area (Å²) < 4.78 is 31.7. The second-order valence-corrected chi connectivity index (χ2v) is 4.61. The summed E-state index contributed by atoms with van der Waals surface area (Å²) in [6.07, 6.45) is 0. The number of aromatic hydroxyl groups is 1. The topological polar surface area (TPSA) is 77.4 Å². The summed E-state index contributed by atoms with van der Waals surface area (Å²) in [5, 5.41) is 9.01. The first-order chi connectivity index (χ1) is 5.41. The molecular formula is C6H4INaO4S. The predicted octanol–water partition coefficient (Wildman–Crippen LogP) is -2.10. The quantitative estimate of drug-likeness (QED) is 0.366. The van der Waals surface area contributed by atoms with Crippen LogP contribution in [0.25, 0.3) is 0 Å². The van der Waals surface area contributed by atoms with Gasteiger partial charge in [0.1, 0.15) is 15.9 Å². The number of halogens is 1. The first-order valence-corrected chi connectivity index (χ1v) is 5.34. The van der Waals surface area contributed by atoms with Crippen molar-refractivity contribution in [2.75, 3.05) is 0 Å². The Morgan fingerprint density at radius 2 is 1.92 bits per heavy atom. The Morgan fingerprint density at radius 1 is 1.38 bits per heavy atom. The molecule has 1 aromatic rings. The van der Waals surface area contributed by atoms with E-state index in [2.05, 4.69) is 0 Å². The molecule has 0 saturated carbocycles. The molecule has 66 valence electrons. The summed E-state index contributed by atoms with van der Waals surface area (Å²) in [7, 11) is -4.41. The summed E-state index contributed by atoms with van der Waals surface area (Å²) in [6.45, 7) is 0. The molecule has 1 N–H and O–H groups in total. The summed E-state index contributed by atoms with van der Waals surface area (Å²) >= 11 is 1.74. The molecule has 0 aliphatic heterocycles. The fourth-order valence-electron chi connectivity index (χ4n) is 0.643. The van der Waals surface area contributed by atoms with Crippen LogP contribution < -0.4 is 29.6 Å². The van der Waals surface area contributed by atoms with Gasteiger partial charge in [-0.25, -0.2) is 8.42 Å². The van der Waals surface area contributed by atoms with Crippen molar-refractivity contribution in [1.29, 1.82) is 0 Å². The van der Waals surface area contributed by atoms with Gasteiger partial charge in [-0.1, -0.05) is 0 Å².